The molecule has 0 aliphatic rings. The fraction of sp³-hybridized carbons (Fsp3) is 0.455. The SMILES string of the molecule is Cc1ccc(OC(C)CNS(C)(=O)=O)cc1. The number of aryl methyl sites for hydroxylation is 1. The van der Waals surface area contributed by atoms with Gasteiger partial charge in [-0.25, -0.2) is 13.1 Å². The minimum atomic E-state index is -3.15. The molecule has 0 spiro atoms. The summed E-state index contributed by atoms with van der Waals surface area (Å²) in [6.07, 6.45) is 0.934. The van der Waals surface area contributed by atoms with E-state index >= 15 is 0 Å². The number of sulfonamides is 1. The van der Waals surface area contributed by atoms with Crippen molar-refractivity contribution >= 4 is 10.0 Å². The summed E-state index contributed by atoms with van der Waals surface area (Å²) < 4.78 is 29.7. The lowest BCUT2D eigenvalue weighted by Crippen LogP contribution is -2.32. The molecule has 0 amide bonds. The Hall–Kier alpha value is -1.07. The molecule has 0 aliphatic carbocycles. The van der Waals surface area contributed by atoms with Crippen LogP contribution in [0.2, 0.25) is 0 Å². The summed E-state index contributed by atoms with van der Waals surface area (Å²) in [4.78, 5) is 0. The van der Waals surface area contributed by atoms with E-state index in [0.717, 1.165) is 17.6 Å². The summed E-state index contributed by atoms with van der Waals surface area (Å²) in [5.74, 6) is 0.744. The zero-order valence-corrected chi connectivity index (χ0v) is 10.5. The van der Waals surface area contributed by atoms with E-state index < -0.39 is 10.0 Å². The van der Waals surface area contributed by atoms with Crippen molar-refractivity contribution in [3.05, 3.63) is 29.8 Å². The maximum atomic E-state index is 10.9. The average molecular weight is 243 g/mol. The van der Waals surface area contributed by atoms with Crippen molar-refractivity contribution in [2.24, 2.45) is 0 Å². The summed E-state index contributed by atoms with van der Waals surface area (Å²) in [5.41, 5.74) is 1.16. The number of hydrogen-bond acceptors (Lipinski definition) is 3. The van der Waals surface area contributed by atoms with Crippen LogP contribution in [0.3, 0.4) is 0 Å². The third-order valence-corrected chi connectivity index (χ3v) is 2.68. The van der Waals surface area contributed by atoms with Gasteiger partial charge in [-0.2, -0.15) is 0 Å². The molecule has 0 bridgehead atoms. The average Bonchev–Trinajstić information content (AvgIpc) is 2.18. The predicted octanol–water partition coefficient (Wildman–Crippen LogP) is 1.31. The minimum absolute atomic E-state index is 0.197. The molecule has 1 aromatic rings. The van der Waals surface area contributed by atoms with Gasteiger partial charge >= 0.3 is 0 Å². The van der Waals surface area contributed by atoms with Crippen LogP contribution in [-0.4, -0.2) is 27.3 Å². The Morgan fingerprint density at radius 3 is 2.38 bits per heavy atom. The van der Waals surface area contributed by atoms with E-state index in [-0.39, 0.29) is 12.6 Å². The summed E-state index contributed by atoms with van der Waals surface area (Å²) in [5, 5.41) is 0. The molecule has 90 valence electrons. The normalized spacial score (nSPS) is 13.4. The van der Waals surface area contributed by atoms with Crippen molar-refractivity contribution in [1.82, 2.24) is 4.72 Å². The van der Waals surface area contributed by atoms with E-state index in [2.05, 4.69) is 4.72 Å². The maximum absolute atomic E-state index is 10.9. The van der Waals surface area contributed by atoms with E-state index in [1.54, 1.807) is 0 Å². The monoisotopic (exact) mass is 243 g/mol. The minimum Gasteiger partial charge on any atom is -0.489 e. The van der Waals surface area contributed by atoms with Gasteiger partial charge in [0.05, 0.1) is 6.26 Å². The number of ether oxygens (including phenoxy) is 1. The van der Waals surface area contributed by atoms with Crippen molar-refractivity contribution in [2.45, 2.75) is 20.0 Å². The Morgan fingerprint density at radius 2 is 1.88 bits per heavy atom. The number of benzene rings is 1. The number of hydrogen-bond donors (Lipinski definition) is 1. The van der Waals surface area contributed by atoms with E-state index in [9.17, 15) is 8.42 Å². The largest absolute Gasteiger partial charge is 0.489 e. The molecule has 1 rings (SSSR count). The van der Waals surface area contributed by atoms with Gasteiger partial charge < -0.3 is 4.74 Å². The second-order valence-electron chi connectivity index (χ2n) is 3.86. The van der Waals surface area contributed by atoms with Gasteiger partial charge in [0.1, 0.15) is 11.9 Å². The van der Waals surface area contributed by atoms with Crippen LogP contribution >= 0.6 is 0 Å². The highest BCUT2D eigenvalue weighted by Crippen LogP contribution is 2.12. The Balaban J connectivity index is 2.45. The molecule has 0 saturated carbocycles. The van der Waals surface area contributed by atoms with E-state index in [1.165, 1.54) is 0 Å². The quantitative estimate of drug-likeness (QED) is 0.848. The van der Waals surface area contributed by atoms with Crippen molar-refractivity contribution in [2.75, 3.05) is 12.8 Å². The predicted molar refractivity (Wildman–Crippen MR) is 64.1 cm³/mol. The Labute approximate surface area is 96.7 Å². The lowest BCUT2D eigenvalue weighted by atomic mass is 10.2. The molecule has 1 unspecified atom stereocenters. The molecular formula is C11H17NO3S. The first-order valence-corrected chi connectivity index (χ1v) is 6.94. The molecule has 1 N–H and O–H groups in total. The molecule has 0 saturated heterocycles. The van der Waals surface area contributed by atoms with Gasteiger partial charge in [-0.1, -0.05) is 17.7 Å². The number of rotatable bonds is 5. The first-order valence-electron chi connectivity index (χ1n) is 5.05. The molecule has 0 aliphatic heterocycles. The molecule has 0 radical (unpaired) electrons. The molecule has 5 heteroatoms. The molecule has 1 atom stereocenters. The highest BCUT2D eigenvalue weighted by atomic mass is 32.2. The molecule has 0 fully saturated rings. The summed E-state index contributed by atoms with van der Waals surface area (Å²) in [6, 6.07) is 7.64. The first kappa shape index (κ1) is 13.0. The standard InChI is InChI=1S/C11H17NO3S/c1-9-4-6-11(7-5-9)15-10(2)8-12-16(3,13)14/h4-7,10,12H,8H2,1-3H3. The highest BCUT2D eigenvalue weighted by molar-refractivity contribution is 7.88. The van der Waals surface area contributed by atoms with E-state index in [0.29, 0.717) is 0 Å². The third-order valence-electron chi connectivity index (χ3n) is 1.99. The maximum Gasteiger partial charge on any atom is 0.208 e. The molecule has 4 nitrogen and oxygen atoms in total. The molecule has 0 aromatic heterocycles. The van der Waals surface area contributed by atoms with Gasteiger partial charge in [-0.3, -0.25) is 0 Å². The van der Waals surface area contributed by atoms with Crippen LogP contribution < -0.4 is 9.46 Å². The Bertz CT molecular complexity index is 425. The lowest BCUT2D eigenvalue weighted by Gasteiger charge is -2.14. The van der Waals surface area contributed by atoms with Crippen LogP contribution in [0.5, 0.6) is 5.75 Å². The summed E-state index contributed by atoms with van der Waals surface area (Å²) in [6.45, 7) is 4.09. The smallest absolute Gasteiger partial charge is 0.208 e. The van der Waals surface area contributed by atoms with Gasteiger partial charge in [0, 0.05) is 6.54 Å². The van der Waals surface area contributed by atoms with Crippen molar-refractivity contribution in [3.63, 3.8) is 0 Å². The van der Waals surface area contributed by atoms with Crippen molar-refractivity contribution in [1.29, 1.82) is 0 Å². The fourth-order valence-corrected chi connectivity index (χ4v) is 1.70. The van der Waals surface area contributed by atoms with Crippen LogP contribution in [0.15, 0.2) is 24.3 Å². The lowest BCUT2D eigenvalue weighted by molar-refractivity contribution is 0.225. The van der Waals surface area contributed by atoms with Crippen LogP contribution in [0, 0.1) is 6.92 Å². The molecule has 1 aromatic carbocycles. The van der Waals surface area contributed by atoms with Gasteiger partial charge in [0.15, 0.2) is 0 Å². The zero-order valence-electron chi connectivity index (χ0n) is 9.73. The molecule has 16 heavy (non-hydrogen) atoms. The molecular weight excluding hydrogens is 226 g/mol. The van der Waals surface area contributed by atoms with Crippen LogP contribution in [0.1, 0.15) is 12.5 Å². The summed E-state index contributed by atoms with van der Waals surface area (Å²) in [7, 11) is -3.15. The second-order valence-corrected chi connectivity index (χ2v) is 5.70. The van der Waals surface area contributed by atoms with Gasteiger partial charge in [0.2, 0.25) is 10.0 Å². The molecule has 0 heterocycles. The van der Waals surface area contributed by atoms with Gasteiger partial charge in [-0.15, -0.1) is 0 Å². The van der Waals surface area contributed by atoms with Crippen molar-refractivity contribution in [3.8, 4) is 5.75 Å². The first-order chi connectivity index (χ1) is 7.37. The zero-order chi connectivity index (χ0) is 12.2. The third kappa shape index (κ3) is 5.14. The fourth-order valence-electron chi connectivity index (χ4n) is 1.16. The highest BCUT2D eigenvalue weighted by Gasteiger charge is 2.07. The van der Waals surface area contributed by atoms with Crippen LogP contribution in [0.4, 0.5) is 0 Å². The topological polar surface area (TPSA) is 55.4 Å². The van der Waals surface area contributed by atoms with E-state index in [1.807, 2.05) is 38.1 Å². The van der Waals surface area contributed by atoms with Gasteiger partial charge in [0.25, 0.3) is 0 Å². The summed E-state index contributed by atoms with van der Waals surface area (Å²) >= 11 is 0. The second kappa shape index (κ2) is 5.32. The Morgan fingerprint density at radius 1 is 1.31 bits per heavy atom. The number of nitrogens with one attached hydrogen (secondary N) is 1. The van der Waals surface area contributed by atoms with Crippen LogP contribution in [-0.2, 0) is 10.0 Å². The van der Waals surface area contributed by atoms with E-state index in [4.69, 9.17) is 4.74 Å². The van der Waals surface area contributed by atoms with Crippen LogP contribution in [0.25, 0.3) is 0 Å². The van der Waals surface area contributed by atoms with Crippen molar-refractivity contribution < 1.29 is 13.2 Å². The van der Waals surface area contributed by atoms with Gasteiger partial charge in [-0.05, 0) is 26.0 Å². The Kier molecular flexibility index (Phi) is 4.32.